The third kappa shape index (κ3) is 2.80. The van der Waals surface area contributed by atoms with E-state index >= 15 is 0 Å². The molecule has 4 radical (unpaired) electrons. The van der Waals surface area contributed by atoms with Crippen LogP contribution in [0.5, 0.6) is 0 Å². The van der Waals surface area contributed by atoms with E-state index in [1.165, 1.54) is 7.16 Å². The van der Waals surface area contributed by atoms with Crippen LogP contribution in [0.3, 0.4) is 0 Å². The zero-order valence-corrected chi connectivity index (χ0v) is 12.3. The monoisotopic (exact) mass is 386 g/mol. The fourth-order valence-corrected chi connectivity index (χ4v) is 3.96. The molecule has 0 atom stereocenters. The first-order valence-corrected chi connectivity index (χ1v) is 12.8. The van der Waals surface area contributed by atoms with Gasteiger partial charge in [-0.15, -0.1) is 0 Å². The number of hydrogen-bond donors (Lipinski definition) is 0. The van der Waals surface area contributed by atoms with Crippen LogP contribution in [-0.4, -0.2) is 40.0 Å². The molecule has 0 aliphatic heterocycles. The van der Waals surface area contributed by atoms with Crippen LogP contribution in [0.15, 0.2) is 24.3 Å². The molecule has 0 saturated carbocycles. The summed E-state index contributed by atoms with van der Waals surface area (Å²) in [5.41, 5.74) is 0. The van der Waals surface area contributed by atoms with Gasteiger partial charge in [-0.25, -0.2) is 0 Å². The van der Waals surface area contributed by atoms with Crippen LogP contribution in [0.4, 0.5) is 0 Å². The molecule has 0 unspecified atom stereocenters. The Labute approximate surface area is 88.2 Å². The van der Waals surface area contributed by atoms with Crippen molar-refractivity contribution < 1.29 is 0 Å². The molecule has 0 nitrogen and oxygen atoms in total. The SMILES string of the molecule is [Cl][Sn][c]1cc[c]([Sn][Cl])cc1. The Hall–Kier alpha value is 1.40. The first kappa shape index (κ1) is 9.49. The fourth-order valence-electron chi connectivity index (χ4n) is 0.596. The van der Waals surface area contributed by atoms with Gasteiger partial charge >= 0.3 is 89.3 Å². The van der Waals surface area contributed by atoms with E-state index in [4.69, 9.17) is 17.8 Å². The minimum atomic E-state index is -0.725. The molecule has 0 aromatic heterocycles. The molecule has 1 aromatic rings. The second kappa shape index (κ2) is 5.12. The molecule has 0 saturated heterocycles. The zero-order valence-electron chi connectivity index (χ0n) is 5.07. The summed E-state index contributed by atoms with van der Waals surface area (Å²) < 4.78 is 2.66. The molecule has 1 aromatic carbocycles. The van der Waals surface area contributed by atoms with Gasteiger partial charge in [0, 0.05) is 0 Å². The quantitative estimate of drug-likeness (QED) is 0.657. The molecule has 0 aliphatic carbocycles. The minimum absolute atomic E-state index is 0.725. The second-order valence-corrected chi connectivity index (χ2v) is 8.68. The van der Waals surface area contributed by atoms with Crippen LogP contribution in [0.2, 0.25) is 0 Å². The molecule has 0 heterocycles. The van der Waals surface area contributed by atoms with E-state index in [1.807, 2.05) is 0 Å². The van der Waals surface area contributed by atoms with Crippen molar-refractivity contribution in [3.8, 4) is 0 Å². The standard InChI is InChI=1S/C6H4.2ClH.2Sn/c1-2-4-6-5-3-1;;;;/h1-2,5-6H;2*1H;;/q;;;2*+1/p-2. The molecule has 0 N–H and O–H groups in total. The number of rotatable bonds is 2. The number of halogens is 2. The van der Waals surface area contributed by atoms with Crippen LogP contribution in [0, 0.1) is 0 Å². The van der Waals surface area contributed by atoms with E-state index < -0.39 is 40.0 Å². The predicted molar refractivity (Wildman–Crippen MR) is 48.9 cm³/mol. The molecule has 4 heteroatoms. The maximum atomic E-state index is 5.77. The normalized spacial score (nSPS) is 9.80. The van der Waals surface area contributed by atoms with Crippen LogP contribution in [0.25, 0.3) is 0 Å². The molecule has 0 amide bonds. The van der Waals surface area contributed by atoms with Gasteiger partial charge in [0.1, 0.15) is 0 Å². The van der Waals surface area contributed by atoms with Crippen LogP contribution < -0.4 is 7.16 Å². The predicted octanol–water partition coefficient (Wildman–Crippen LogP) is 0.653. The summed E-state index contributed by atoms with van der Waals surface area (Å²) in [6.07, 6.45) is 0. The Morgan fingerprint density at radius 2 is 1.10 bits per heavy atom. The van der Waals surface area contributed by atoms with Crippen LogP contribution in [0.1, 0.15) is 0 Å². The van der Waals surface area contributed by atoms with Gasteiger partial charge < -0.3 is 0 Å². The summed E-state index contributed by atoms with van der Waals surface area (Å²) >= 11 is -1.45. The van der Waals surface area contributed by atoms with Crippen molar-refractivity contribution in [3.05, 3.63) is 24.3 Å². The molecule has 0 aliphatic rings. The van der Waals surface area contributed by atoms with E-state index in [0.29, 0.717) is 0 Å². The van der Waals surface area contributed by atoms with Gasteiger partial charge in [0.25, 0.3) is 0 Å². The third-order valence-corrected chi connectivity index (χ3v) is 7.18. The molecule has 0 spiro atoms. The van der Waals surface area contributed by atoms with E-state index in [2.05, 4.69) is 24.3 Å². The third-order valence-electron chi connectivity index (χ3n) is 1.10. The Morgan fingerprint density at radius 3 is 1.30 bits per heavy atom. The van der Waals surface area contributed by atoms with Gasteiger partial charge in [0.15, 0.2) is 0 Å². The molecule has 50 valence electrons. The summed E-state index contributed by atoms with van der Waals surface area (Å²) in [6, 6.07) is 8.44. The summed E-state index contributed by atoms with van der Waals surface area (Å²) in [7, 11) is 11.5. The summed E-state index contributed by atoms with van der Waals surface area (Å²) in [5.74, 6) is 0. The van der Waals surface area contributed by atoms with Gasteiger partial charge in [0.2, 0.25) is 0 Å². The number of benzene rings is 1. The van der Waals surface area contributed by atoms with Gasteiger partial charge in [-0.2, -0.15) is 0 Å². The molecule has 0 bridgehead atoms. The van der Waals surface area contributed by atoms with Gasteiger partial charge in [0.05, 0.1) is 0 Å². The van der Waals surface area contributed by atoms with Crippen molar-refractivity contribution in [1.29, 1.82) is 0 Å². The Balaban J connectivity index is 2.80. The van der Waals surface area contributed by atoms with Crippen LogP contribution >= 0.6 is 17.8 Å². The van der Waals surface area contributed by atoms with Gasteiger partial charge in [-0.1, -0.05) is 0 Å². The fraction of sp³-hybridized carbons (Fsp3) is 0. The molecule has 0 fully saturated rings. The molecular weight excluding hydrogens is 380 g/mol. The van der Waals surface area contributed by atoms with E-state index in [0.717, 1.165) is 0 Å². The molecule has 1 rings (SSSR count). The summed E-state index contributed by atoms with van der Waals surface area (Å²) in [5, 5.41) is 0. The molecular formula is C6H4Cl2Sn2. The first-order chi connectivity index (χ1) is 4.86. The van der Waals surface area contributed by atoms with Crippen molar-refractivity contribution in [2.45, 2.75) is 0 Å². The van der Waals surface area contributed by atoms with Gasteiger partial charge in [-0.3, -0.25) is 0 Å². The Morgan fingerprint density at radius 1 is 0.800 bits per heavy atom. The zero-order chi connectivity index (χ0) is 7.40. The topological polar surface area (TPSA) is 0 Å². The maximum absolute atomic E-state index is 5.77. The number of hydrogen-bond acceptors (Lipinski definition) is 0. The van der Waals surface area contributed by atoms with E-state index in [9.17, 15) is 0 Å². The van der Waals surface area contributed by atoms with Crippen LogP contribution in [-0.2, 0) is 0 Å². The van der Waals surface area contributed by atoms with Crippen molar-refractivity contribution in [3.63, 3.8) is 0 Å². The van der Waals surface area contributed by atoms with Crippen molar-refractivity contribution in [2.75, 3.05) is 0 Å². The Bertz CT molecular complexity index is 174. The second-order valence-electron chi connectivity index (χ2n) is 1.77. The average molecular weight is 384 g/mol. The van der Waals surface area contributed by atoms with Crippen molar-refractivity contribution in [1.82, 2.24) is 0 Å². The van der Waals surface area contributed by atoms with Gasteiger partial charge in [-0.05, 0) is 0 Å². The van der Waals surface area contributed by atoms with Crippen molar-refractivity contribution in [2.24, 2.45) is 0 Å². The summed E-state index contributed by atoms with van der Waals surface area (Å²) in [6.45, 7) is 0. The van der Waals surface area contributed by atoms with E-state index in [1.54, 1.807) is 0 Å². The summed E-state index contributed by atoms with van der Waals surface area (Å²) in [4.78, 5) is 0. The van der Waals surface area contributed by atoms with Crippen molar-refractivity contribution >= 4 is 65.0 Å². The first-order valence-electron chi connectivity index (χ1n) is 2.70. The average Bonchev–Trinajstić information content (AvgIpc) is 2.05. The van der Waals surface area contributed by atoms with E-state index in [-0.39, 0.29) is 0 Å². The Kier molecular flexibility index (Phi) is 4.85. The molecule has 10 heavy (non-hydrogen) atoms.